The summed E-state index contributed by atoms with van der Waals surface area (Å²) in [7, 11) is 1.78. The largest absolute Gasteiger partial charge is 0.439 e. The number of aromatic amines is 1. The molecule has 2 aromatic rings. The first kappa shape index (κ1) is 12.4. The summed E-state index contributed by atoms with van der Waals surface area (Å²) < 4.78 is 5.64. The number of likely N-dealkylation sites (N-methyl/N-ethyl adjacent to an activating group) is 1. The van der Waals surface area contributed by atoms with Gasteiger partial charge in [-0.2, -0.15) is 0 Å². The molecule has 1 amide bonds. The maximum Gasteiger partial charge on any atom is 0.410 e. The second-order valence-corrected chi connectivity index (χ2v) is 5.87. The first-order valence-electron chi connectivity index (χ1n) is 7.14. The number of piperidine rings is 1. The molecule has 2 aliphatic rings. The Bertz CT molecular complexity index is 699. The van der Waals surface area contributed by atoms with E-state index in [4.69, 9.17) is 4.74 Å². The Morgan fingerprint density at radius 3 is 3.10 bits per heavy atom. The summed E-state index contributed by atoms with van der Waals surface area (Å²) in [6, 6.07) is 1.93. The molecule has 2 aliphatic heterocycles. The smallest absolute Gasteiger partial charge is 0.410 e. The van der Waals surface area contributed by atoms with Gasteiger partial charge in [-0.1, -0.05) is 0 Å². The molecule has 0 radical (unpaired) electrons. The first-order valence-corrected chi connectivity index (χ1v) is 7.14. The van der Waals surface area contributed by atoms with E-state index < -0.39 is 5.60 Å². The van der Waals surface area contributed by atoms with Gasteiger partial charge in [-0.15, -0.1) is 0 Å². The van der Waals surface area contributed by atoms with Crippen LogP contribution in [0.15, 0.2) is 18.6 Å². The lowest BCUT2D eigenvalue weighted by Gasteiger charge is -2.39. The van der Waals surface area contributed by atoms with Crippen molar-refractivity contribution < 1.29 is 9.53 Å². The number of carbonyl (C=O) groups excluding carboxylic acids is 1. The number of nitrogens with zero attached hydrogens (tertiary/aromatic N) is 4. The quantitative estimate of drug-likeness (QED) is 0.857. The number of H-pyrrole nitrogens is 1. The van der Waals surface area contributed by atoms with Crippen LogP contribution in [0.4, 0.5) is 10.6 Å². The van der Waals surface area contributed by atoms with E-state index in [1.54, 1.807) is 18.3 Å². The summed E-state index contributed by atoms with van der Waals surface area (Å²) in [6.07, 6.45) is 5.10. The van der Waals surface area contributed by atoms with Crippen molar-refractivity contribution >= 4 is 22.9 Å². The number of hydrogen-bond acceptors (Lipinski definition) is 5. The lowest BCUT2D eigenvalue weighted by molar-refractivity contribution is 0.0446. The SMILES string of the molecule is CN1CC2(CCCN(c3ncnc4cc[nH]c34)C2)OC1=O. The van der Waals surface area contributed by atoms with Gasteiger partial charge >= 0.3 is 6.09 Å². The van der Waals surface area contributed by atoms with E-state index in [9.17, 15) is 4.79 Å². The fraction of sp³-hybridized carbons (Fsp3) is 0.500. The summed E-state index contributed by atoms with van der Waals surface area (Å²) in [5, 5.41) is 0. The van der Waals surface area contributed by atoms with Gasteiger partial charge in [0, 0.05) is 19.8 Å². The second kappa shape index (κ2) is 4.34. The van der Waals surface area contributed by atoms with Crippen LogP contribution in [0.2, 0.25) is 0 Å². The molecule has 0 bridgehead atoms. The molecule has 4 rings (SSSR count). The lowest BCUT2D eigenvalue weighted by Crippen LogP contribution is -2.51. The number of anilines is 1. The summed E-state index contributed by atoms with van der Waals surface area (Å²) in [4.78, 5) is 27.4. The third-order valence-electron chi connectivity index (χ3n) is 4.31. The highest BCUT2D eigenvalue weighted by Crippen LogP contribution is 2.34. The van der Waals surface area contributed by atoms with Crippen LogP contribution in [0.25, 0.3) is 11.0 Å². The molecule has 0 saturated carbocycles. The minimum atomic E-state index is -0.409. The topological polar surface area (TPSA) is 74.3 Å². The van der Waals surface area contributed by atoms with E-state index in [1.165, 1.54) is 0 Å². The normalized spacial score (nSPS) is 25.9. The van der Waals surface area contributed by atoms with Crippen LogP contribution in [0.3, 0.4) is 0 Å². The van der Waals surface area contributed by atoms with Crippen LogP contribution < -0.4 is 4.90 Å². The van der Waals surface area contributed by atoms with Crippen molar-refractivity contribution in [2.75, 3.05) is 31.6 Å². The van der Waals surface area contributed by atoms with E-state index >= 15 is 0 Å². The number of carbonyl (C=O) groups is 1. The van der Waals surface area contributed by atoms with E-state index in [0.29, 0.717) is 13.1 Å². The van der Waals surface area contributed by atoms with Crippen LogP contribution in [0.1, 0.15) is 12.8 Å². The number of nitrogens with one attached hydrogen (secondary N) is 1. The van der Waals surface area contributed by atoms with Gasteiger partial charge in [0.05, 0.1) is 18.6 Å². The van der Waals surface area contributed by atoms with Gasteiger partial charge in [0.25, 0.3) is 0 Å². The zero-order valence-electron chi connectivity index (χ0n) is 11.9. The molecule has 1 atom stereocenters. The van der Waals surface area contributed by atoms with Crippen molar-refractivity contribution in [3.8, 4) is 0 Å². The van der Waals surface area contributed by atoms with Gasteiger partial charge in [0.1, 0.15) is 17.4 Å². The van der Waals surface area contributed by atoms with Gasteiger partial charge in [0.2, 0.25) is 0 Å². The minimum Gasteiger partial charge on any atom is -0.439 e. The maximum atomic E-state index is 11.7. The van der Waals surface area contributed by atoms with Gasteiger partial charge in [-0.05, 0) is 18.9 Å². The van der Waals surface area contributed by atoms with Crippen molar-refractivity contribution in [2.24, 2.45) is 0 Å². The van der Waals surface area contributed by atoms with Crippen LogP contribution in [-0.2, 0) is 4.74 Å². The summed E-state index contributed by atoms with van der Waals surface area (Å²) in [6.45, 7) is 2.23. The molecule has 7 heteroatoms. The van der Waals surface area contributed by atoms with Crippen molar-refractivity contribution in [3.05, 3.63) is 18.6 Å². The molecule has 2 saturated heterocycles. The fourth-order valence-electron chi connectivity index (χ4n) is 3.38. The highest BCUT2D eigenvalue weighted by atomic mass is 16.6. The standard InChI is InChI=1S/C14H17N5O2/c1-18-7-14(21-13(18)20)4-2-6-19(8-14)12-11-10(3-5-15-11)16-9-17-12/h3,5,9,15H,2,4,6-8H2,1H3. The van der Waals surface area contributed by atoms with E-state index in [-0.39, 0.29) is 6.09 Å². The highest BCUT2D eigenvalue weighted by Gasteiger charge is 2.46. The Morgan fingerprint density at radius 2 is 2.29 bits per heavy atom. The molecular formula is C14H17N5O2. The third kappa shape index (κ3) is 1.91. The molecule has 7 nitrogen and oxygen atoms in total. The van der Waals surface area contributed by atoms with Gasteiger partial charge < -0.3 is 19.5 Å². The predicted octanol–water partition coefficient (Wildman–Crippen LogP) is 1.38. The number of aromatic nitrogens is 3. The minimum absolute atomic E-state index is 0.232. The van der Waals surface area contributed by atoms with Crippen molar-refractivity contribution in [1.29, 1.82) is 0 Å². The van der Waals surface area contributed by atoms with Crippen molar-refractivity contribution in [3.63, 3.8) is 0 Å². The van der Waals surface area contributed by atoms with E-state index in [0.717, 1.165) is 36.2 Å². The van der Waals surface area contributed by atoms with Gasteiger partial charge in [-0.3, -0.25) is 0 Å². The van der Waals surface area contributed by atoms with Crippen LogP contribution in [0, 0.1) is 0 Å². The Balaban J connectivity index is 1.67. The Labute approximate surface area is 121 Å². The van der Waals surface area contributed by atoms with Gasteiger partial charge in [-0.25, -0.2) is 14.8 Å². The number of amides is 1. The van der Waals surface area contributed by atoms with Crippen LogP contribution in [-0.4, -0.2) is 58.2 Å². The predicted molar refractivity (Wildman–Crippen MR) is 77.2 cm³/mol. The maximum absolute atomic E-state index is 11.7. The van der Waals surface area contributed by atoms with Crippen molar-refractivity contribution in [2.45, 2.75) is 18.4 Å². The first-order chi connectivity index (χ1) is 10.2. The Morgan fingerprint density at radius 1 is 1.38 bits per heavy atom. The molecule has 0 aliphatic carbocycles. The van der Waals surface area contributed by atoms with E-state index in [2.05, 4.69) is 19.9 Å². The van der Waals surface area contributed by atoms with Gasteiger partial charge in [0.15, 0.2) is 5.82 Å². The third-order valence-corrected chi connectivity index (χ3v) is 4.31. The van der Waals surface area contributed by atoms with Crippen LogP contribution in [0.5, 0.6) is 0 Å². The number of ether oxygens (including phenoxy) is 1. The average molecular weight is 287 g/mol. The Hall–Kier alpha value is -2.31. The molecule has 21 heavy (non-hydrogen) atoms. The average Bonchev–Trinajstić information content (AvgIpc) is 3.04. The summed E-state index contributed by atoms with van der Waals surface area (Å²) in [5.74, 6) is 0.884. The molecule has 4 heterocycles. The summed E-state index contributed by atoms with van der Waals surface area (Å²) in [5.41, 5.74) is 1.43. The number of fused-ring (bicyclic) bond motifs is 1. The molecule has 1 unspecified atom stereocenters. The molecule has 0 aromatic carbocycles. The molecule has 1 spiro atoms. The number of hydrogen-bond donors (Lipinski definition) is 1. The van der Waals surface area contributed by atoms with E-state index in [1.807, 2.05) is 12.3 Å². The monoisotopic (exact) mass is 287 g/mol. The molecule has 1 N–H and O–H groups in total. The fourth-order valence-corrected chi connectivity index (χ4v) is 3.38. The van der Waals surface area contributed by atoms with Crippen molar-refractivity contribution in [1.82, 2.24) is 19.9 Å². The molecular weight excluding hydrogens is 270 g/mol. The highest BCUT2D eigenvalue weighted by molar-refractivity contribution is 5.86. The number of rotatable bonds is 1. The Kier molecular flexibility index (Phi) is 2.57. The lowest BCUT2D eigenvalue weighted by atomic mass is 9.93. The second-order valence-electron chi connectivity index (χ2n) is 5.87. The molecule has 2 fully saturated rings. The van der Waals surface area contributed by atoms with Crippen LogP contribution >= 0.6 is 0 Å². The molecule has 110 valence electrons. The zero-order valence-corrected chi connectivity index (χ0v) is 11.9. The molecule has 2 aromatic heterocycles. The summed E-state index contributed by atoms with van der Waals surface area (Å²) >= 11 is 0. The zero-order chi connectivity index (χ0) is 14.4.